The van der Waals surface area contributed by atoms with Gasteiger partial charge < -0.3 is 10.6 Å². The van der Waals surface area contributed by atoms with Gasteiger partial charge in [0, 0.05) is 46.4 Å². The molecule has 154 valence electrons. The second-order valence-electron chi connectivity index (χ2n) is 6.28. The van der Waals surface area contributed by atoms with E-state index in [4.69, 9.17) is 17.0 Å². The topological polar surface area (TPSA) is 77.9 Å². The van der Waals surface area contributed by atoms with Gasteiger partial charge in [0.1, 0.15) is 11.5 Å². The van der Waals surface area contributed by atoms with Crippen molar-refractivity contribution in [2.45, 2.75) is 6.18 Å². The predicted molar refractivity (Wildman–Crippen MR) is 111 cm³/mol. The molecule has 3 N–H and O–H groups in total. The zero-order chi connectivity index (χ0) is 21.9. The van der Waals surface area contributed by atoms with Gasteiger partial charge in [0.2, 0.25) is 0 Å². The minimum absolute atomic E-state index is 0.209. The summed E-state index contributed by atoms with van der Waals surface area (Å²) in [6.07, 6.45) is -2.67. The number of alkyl halides is 3. The summed E-state index contributed by atoms with van der Waals surface area (Å²) in [5.74, 6) is -0.881. The number of carbonyl (C=O) groups is 1. The van der Waals surface area contributed by atoms with Crippen LogP contribution >= 0.6 is 11.6 Å². The highest BCUT2D eigenvalue weighted by atomic mass is 35.5. The molecular formula is C21H16ClF3N4O. The van der Waals surface area contributed by atoms with E-state index < -0.39 is 17.8 Å². The SMILES string of the molecule is CN/C(=C\C(=N)C(F)(F)F)NC(=O)c1ccc2cc(-c3ccccc3Cl)cnc2c1. The fourth-order valence-corrected chi connectivity index (χ4v) is 2.94. The highest BCUT2D eigenvalue weighted by Gasteiger charge is 2.33. The number of allylic oxidation sites excluding steroid dienone is 1. The maximum atomic E-state index is 12.5. The Balaban J connectivity index is 1.85. The first kappa shape index (κ1) is 21.3. The van der Waals surface area contributed by atoms with E-state index in [0.29, 0.717) is 16.6 Å². The van der Waals surface area contributed by atoms with Crippen molar-refractivity contribution in [1.29, 1.82) is 5.41 Å². The van der Waals surface area contributed by atoms with Crippen molar-refractivity contribution in [3.8, 4) is 11.1 Å². The molecule has 5 nitrogen and oxygen atoms in total. The molecule has 0 aliphatic carbocycles. The molecule has 0 spiro atoms. The molecule has 1 amide bonds. The third kappa shape index (κ3) is 4.77. The Labute approximate surface area is 175 Å². The van der Waals surface area contributed by atoms with Gasteiger partial charge in [0.25, 0.3) is 5.91 Å². The molecule has 30 heavy (non-hydrogen) atoms. The van der Waals surface area contributed by atoms with E-state index in [-0.39, 0.29) is 11.4 Å². The monoisotopic (exact) mass is 432 g/mol. The number of fused-ring (bicyclic) bond motifs is 1. The van der Waals surface area contributed by atoms with Crippen LogP contribution in [0.1, 0.15) is 10.4 Å². The molecule has 3 aromatic rings. The molecule has 9 heteroatoms. The minimum Gasteiger partial charge on any atom is -0.375 e. The van der Waals surface area contributed by atoms with E-state index >= 15 is 0 Å². The van der Waals surface area contributed by atoms with E-state index in [1.807, 2.05) is 24.3 Å². The van der Waals surface area contributed by atoms with Gasteiger partial charge >= 0.3 is 6.18 Å². The van der Waals surface area contributed by atoms with Crippen LogP contribution in [0.3, 0.4) is 0 Å². The van der Waals surface area contributed by atoms with Crippen LogP contribution in [0.4, 0.5) is 13.2 Å². The van der Waals surface area contributed by atoms with Crippen molar-refractivity contribution in [1.82, 2.24) is 15.6 Å². The van der Waals surface area contributed by atoms with Crippen LogP contribution in [0.2, 0.25) is 5.02 Å². The van der Waals surface area contributed by atoms with Crippen LogP contribution in [0.25, 0.3) is 22.0 Å². The van der Waals surface area contributed by atoms with Crippen molar-refractivity contribution in [2.75, 3.05) is 7.05 Å². The zero-order valence-electron chi connectivity index (χ0n) is 15.6. The second-order valence-corrected chi connectivity index (χ2v) is 6.69. The molecule has 0 aliphatic heterocycles. The predicted octanol–water partition coefficient (Wildman–Crippen LogP) is 4.93. The van der Waals surface area contributed by atoms with Gasteiger partial charge in [-0.25, -0.2) is 0 Å². The molecule has 0 radical (unpaired) electrons. The summed E-state index contributed by atoms with van der Waals surface area (Å²) in [5, 5.41) is 13.1. The molecule has 0 saturated carbocycles. The first-order valence-electron chi connectivity index (χ1n) is 8.70. The van der Waals surface area contributed by atoms with Crippen LogP contribution in [0.5, 0.6) is 0 Å². The van der Waals surface area contributed by atoms with Crippen molar-refractivity contribution in [3.63, 3.8) is 0 Å². The Morgan fingerprint density at radius 2 is 1.90 bits per heavy atom. The number of hydrogen-bond donors (Lipinski definition) is 3. The highest BCUT2D eigenvalue weighted by Crippen LogP contribution is 2.29. The van der Waals surface area contributed by atoms with Gasteiger partial charge in [0.05, 0.1) is 5.52 Å². The molecule has 0 bridgehead atoms. The molecule has 2 aromatic carbocycles. The third-order valence-corrected chi connectivity index (χ3v) is 4.57. The lowest BCUT2D eigenvalue weighted by Gasteiger charge is -2.12. The largest absolute Gasteiger partial charge is 0.432 e. The standard InChI is InChI=1S/C21H16ClF3N4O/c1-27-19(10-18(26)21(23,24)25)29-20(30)13-7-6-12-8-14(11-28-17(12)9-13)15-4-2-3-5-16(15)22/h2-11,26-27H,1H3,(H,29,30)/b19-10+,26-18?. The second kappa shape index (κ2) is 8.54. The molecule has 1 heterocycles. The normalized spacial score (nSPS) is 12.0. The Bertz CT molecular complexity index is 1160. The Kier molecular flexibility index (Phi) is 6.07. The number of aromatic nitrogens is 1. The smallest absolute Gasteiger partial charge is 0.375 e. The van der Waals surface area contributed by atoms with Crippen LogP contribution in [0.15, 0.2) is 66.6 Å². The number of nitrogens with zero attached hydrogens (tertiary/aromatic N) is 1. The minimum atomic E-state index is -4.81. The molecule has 0 saturated heterocycles. The highest BCUT2D eigenvalue weighted by molar-refractivity contribution is 6.33. The van der Waals surface area contributed by atoms with E-state index in [2.05, 4.69) is 15.6 Å². The van der Waals surface area contributed by atoms with Crippen LogP contribution in [-0.2, 0) is 0 Å². The molecule has 3 rings (SSSR count). The lowest BCUT2D eigenvalue weighted by molar-refractivity contribution is -0.0584. The summed E-state index contributed by atoms with van der Waals surface area (Å²) < 4.78 is 37.6. The number of benzene rings is 2. The first-order chi connectivity index (χ1) is 14.2. The average Bonchev–Trinajstić information content (AvgIpc) is 2.72. The molecule has 0 atom stereocenters. The molecule has 0 aliphatic rings. The number of halogens is 4. The number of carbonyl (C=O) groups excluding carboxylic acids is 1. The summed E-state index contributed by atoms with van der Waals surface area (Å²) in [6.45, 7) is 0. The summed E-state index contributed by atoms with van der Waals surface area (Å²) >= 11 is 6.23. The van der Waals surface area contributed by atoms with Gasteiger partial charge in [-0.2, -0.15) is 13.2 Å². The van der Waals surface area contributed by atoms with Crippen LogP contribution < -0.4 is 10.6 Å². The van der Waals surface area contributed by atoms with Crippen LogP contribution in [0, 0.1) is 5.41 Å². The zero-order valence-corrected chi connectivity index (χ0v) is 16.4. The van der Waals surface area contributed by atoms with Crippen molar-refractivity contribution in [3.05, 3.63) is 77.2 Å². The van der Waals surface area contributed by atoms with Gasteiger partial charge in [-0.1, -0.05) is 35.9 Å². The molecule has 0 unspecified atom stereocenters. The lowest BCUT2D eigenvalue weighted by atomic mass is 10.0. The number of amides is 1. The lowest BCUT2D eigenvalue weighted by Crippen LogP contribution is -2.32. The first-order valence-corrected chi connectivity index (χ1v) is 9.08. The van der Waals surface area contributed by atoms with Gasteiger partial charge in [-0.15, -0.1) is 0 Å². The molecule has 1 aromatic heterocycles. The fraction of sp³-hybridized carbons (Fsp3) is 0.0952. The fourth-order valence-electron chi connectivity index (χ4n) is 2.70. The number of nitrogens with one attached hydrogen (secondary N) is 3. The average molecular weight is 433 g/mol. The number of rotatable bonds is 5. The van der Waals surface area contributed by atoms with E-state index in [9.17, 15) is 18.0 Å². The van der Waals surface area contributed by atoms with Crippen LogP contribution in [-0.4, -0.2) is 29.8 Å². The molecule has 0 fully saturated rings. The summed E-state index contributed by atoms with van der Waals surface area (Å²) in [6, 6.07) is 14.0. The maximum absolute atomic E-state index is 12.5. The third-order valence-electron chi connectivity index (χ3n) is 4.24. The summed E-state index contributed by atoms with van der Waals surface area (Å²) in [5.41, 5.74) is 0.804. The summed E-state index contributed by atoms with van der Waals surface area (Å²) in [7, 11) is 1.34. The van der Waals surface area contributed by atoms with E-state index in [1.54, 1.807) is 18.3 Å². The maximum Gasteiger partial charge on any atom is 0.432 e. The van der Waals surface area contributed by atoms with E-state index in [1.165, 1.54) is 19.2 Å². The van der Waals surface area contributed by atoms with Gasteiger partial charge in [-0.05, 0) is 24.3 Å². The molecular weight excluding hydrogens is 417 g/mol. The Hall–Kier alpha value is -3.39. The van der Waals surface area contributed by atoms with Gasteiger partial charge in [-0.3, -0.25) is 15.2 Å². The van der Waals surface area contributed by atoms with Crippen molar-refractivity contribution < 1.29 is 18.0 Å². The van der Waals surface area contributed by atoms with Crippen molar-refractivity contribution in [2.24, 2.45) is 0 Å². The van der Waals surface area contributed by atoms with Gasteiger partial charge in [0.15, 0.2) is 0 Å². The number of pyridine rings is 1. The van der Waals surface area contributed by atoms with E-state index in [0.717, 1.165) is 16.5 Å². The quantitative estimate of drug-likeness (QED) is 0.500. The Morgan fingerprint density at radius 1 is 1.17 bits per heavy atom. The summed E-state index contributed by atoms with van der Waals surface area (Å²) in [4.78, 5) is 16.8. The number of hydrogen-bond acceptors (Lipinski definition) is 4. The van der Waals surface area contributed by atoms with Crippen molar-refractivity contribution >= 4 is 34.1 Å². The Morgan fingerprint density at radius 3 is 2.57 bits per heavy atom.